The van der Waals surface area contributed by atoms with Crippen LogP contribution in [-0.4, -0.2) is 11.8 Å². The van der Waals surface area contributed by atoms with Crippen LogP contribution < -0.4 is 4.74 Å². The Morgan fingerprint density at radius 3 is 2.26 bits per heavy atom. The Kier molecular flexibility index (Phi) is 6.22. The Bertz CT molecular complexity index is 993. The van der Waals surface area contributed by atoms with Crippen LogP contribution in [0.15, 0.2) is 83.3 Å². The van der Waals surface area contributed by atoms with E-state index in [0.717, 1.165) is 10.0 Å². The van der Waals surface area contributed by atoms with Crippen molar-refractivity contribution >= 4 is 45.4 Å². The third kappa shape index (κ3) is 5.39. The summed E-state index contributed by atoms with van der Waals surface area (Å²) in [5, 5.41) is 0.579. The van der Waals surface area contributed by atoms with E-state index in [1.807, 2.05) is 6.07 Å². The number of benzene rings is 3. The molecular weight excluding hydrogens is 428 g/mol. The van der Waals surface area contributed by atoms with Gasteiger partial charge in [-0.05, 0) is 72.3 Å². The van der Waals surface area contributed by atoms with Crippen molar-refractivity contribution in [2.75, 3.05) is 0 Å². The van der Waals surface area contributed by atoms with Gasteiger partial charge in [-0.15, -0.1) is 0 Å². The summed E-state index contributed by atoms with van der Waals surface area (Å²) in [7, 11) is 0. The zero-order valence-electron chi connectivity index (χ0n) is 14.1. The van der Waals surface area contributed by atoms with Gasteiger partial charge < -0.3 is 4.74 Å². The maximum atomic E-state index is 12.2. The molecule has 3 nitrogen and oxygen atoms in total. The van der Waals surface area contributed by atoms with Crippen molar-refractivity contribution in [3.05, 3.63) is 105 Å². The first-order valence-electron chi connectivity index (χ1n) is 8.07. The monoisotopic (exact) mass is 440 g/mol. The molecule has 3 aromatic rings. The molecule has 0 N–H and O–H groups in total. The summed E-state index contributed by atoms with van der Waals surface area (Å²) in [5.74, 6) is -0.172. The van der Waals surface area contributed by atoms with E-state index in [9.17, 15) is 9.59 Å². The van der Waals surface area contributed by atoms with E-state index in [1.165, 1.54) is 6.08 Å². The lowest BCUT2D eigenvalue weighted by molar-refractivity contribution is 0.0734. The van der Waals surface area contributed by atoms with Crippen molar-refractivity contribution in [2.45, 2.75) is 0 Å². The second-order valence-electron chi connectivity index (χ2n) is 5.67. The topological polar surface area (TPSA) is 43.4 Å². The fourth-order valence-corrected chi connectivity index (χ4v) is 2.71. The van der Waals surface area contributed by atoms with E-state index in [2.05, 4.69) is 15.9 Å². The summed E-state index contributed by atoms with van der Waals surface area (Å²) in [5.41, 5.74) is 1.75. The van der Waals surface area contributed by atoms with Gasteiger partial charge in [0, 0.05) is 15.1 Å². The van der Waals surface area contributed by atoms with Crippen molar-refractivity contribution in [2.24, 2.45) is 0 Å². The molecule has 0 radical (unpaired) electrons. The van der Waals surface area contributed by atoms with Gasteiger partial charge in [0.1, 0.15) is 5.75 Å². The molecule has 0 aliphatic rings. The van der Waals surface area contributed by atoms with Crippen molar-refractivity contribution < 1.29 is 14.3 Å². The molecular formula is C22H14BrClO3. The second kappa shape index (κ2) is 8.80. The van der Waals surface area contributed by atoms with Crippen LogP contribution in [0.3, 0.4) is 0 Å². The van der Waals surface area contributed by atoms with E-state index < -0.39 is 5.97 Å². The van der Waals surface area contributed by atoms with Crippen LogP contribution in [0.2, 0.25) is 5.02 Å². The summed E-state index contributed by atoms with van der Waals surface area (Å²) in [4.78, 5) is 24.4. The first kappa shape index (κ1) is 19.1. The van der Waals surface area contributed by atoms with E-state index >= 15 is 0 Å². The van der Waals surface area contributed by atoms with E-state index in [0.29, 0.717) is 21.9 Å². The number of ketones is 1. The Labute approximate surface area is 170 Å². The fraction of sp³-hybridized carbons (Fsp3) is 0. The average Bonchev–Trinajstić information content (AvgIpc) is 2.67. The summed E-state index contributed by atoms with van der Waals surface area (Å²) < 4.78 is 6.28. The van der Waals surface area contributed by atoms with Crippen LogP contribution in [0.25, 0.3) is 6.08 Å². The minimum absolute atomic E-state index is 0.135. The molecule has 0 amide bonds. The third-order valence-electron chi connectivity index (χ3n) is 3.70. The summed E-state index contributed by atoms with van der Waals surface area (Å²) >= 11 is 9.15. The van der Waals surface area contributed by atoms with Gasteiger partial charge in [-0.25, -0.2) is 4.79 Å². The highest BCUT2D eigenvalue weighted by atomic mass is 79.9. The number of rotatable bonds is 5. The Balaban J connectivity index is 1.69. The van der Waals surface area contributed by atoms with Crippen LogP contribution in [0, 0.1) is 0 Å². The zero-order chi connectivity index (χ0) is 19.2. The van der Waals surface area contributed by atoms with Crippen LogP contribution in [0.4, 0.5) is 0 Å². The fourth-order valence-electron chi connectivity index (χ4n) is 2.32. The number of esters is 1. The minimum atomic E-state index is -0.444. The van der Waals surface area contributed by atoms with Crippen LogP contribution in [0.5, 0.6) is 5.75 Å². The van der Waals surface area contributed by atoms with Crippen LogP contribution in [-0.2, 0) is 0 Å². The largest absolute Gasteiger partial charge is 0.423 e. The van der Waals surface area contributed by atoms with Gasteiger partial charge in [0.05, 0.1) is 5.56 Å². The summed E-state index contributed by atoms with van der Waals surface area (Å²) in [6.07, 6.45) is 3.15. The quantitative estimate of drug-likeness (QED) is 0.204. The molecule has 0 fully saturated rings. The van der Waals surface area contributed by atoms with Crippen molar-refractivity contribution in [3.63, 3.8) is 0 Å². The average molecular weight is 442 g/mol. The van der Waals surface area contributed by atoms with Crippen molar-refractivity contribution in [3.8, 4) is 5.75 Å². The van der Waals surface area contributed by atoms with E-state index in [1.54, 1.807) is 72.8 Å². The highest BCUT2D eigenvalue weighted by molar-refractivity contribution is 9.10. The lowest BCUT2D eigenvalue weighted by Crippen LogP contribution is -2.08. The standard InChI is InChI=1S/C22H14BrClO3/c23-18-9-5-17(6-10-18)22(26)27-20-3-1-2-15(14-20)4-13-21(25)16-7-11-19(24)12-8-16/h1-14H. The van der Waals surface area contributed by atoms with Crippen molar-refractivity contribution in [1.82, 2.24) is 0 Å². The SMILES string of the molecule is O=C(C=Cc1cccc(OC(=O)c2ccc(Br)cc2)c1)c1ccc(Cl)cc1. The molecule has 0 heterocycles. The Morgan fingerprint density at radius 1 is 0.889 bits per heavy atom. The lowest BCUT2D eigenvalue weighted by atomic mass is 10.1. The lowest BCUT2D eigenvalue weighted by Gasteiger charge is -2.05. The molecule has 0 aromatic heterocycles. The highest BCUT2D eigenvalue weighted by Crippen LogP contribution is 2.18. The van der Waals surface area contributed by atoms with Gasteiger partial charge in [0.15, 0.2) is 5.78 Å². The number of carbonyl (C=O) groups excluding carboxylic acids is 2. The molecule has 5 heteroatoms. The summed E-state index contributed by atoms with van der Waals surface area (Å²) in [6, 6.07) is 20.6. The molecule has 0 spiro atoms. The predicted molar refractivity (Wildman–Crippen MR) is 110 cm³/mol. The molecule has 0 bridgehead atoms. The highest BCUT2D eigenvalue weighted by Gasteiger charge is 2.08. The number of ether oxygens (including phenoxy) is 1. The van der Waals surface area contributed by atoms with Crippen LogP contribution in [0.1, 0.15) is 26.3 Å². The molecule has 0 atom stereocenters. The molecule has 3 rings (SSSR count). The van der Waals surface area contributed by atoms with Gasteiger partial charge in [-0.2, -0.15) is 0 Å². The second-order valence-corrected chi connectivity index (χ2v) is 7.03. The molecule has 27 heavy (non-hydrogen) atoms. The molecule has 0 aliphatic heterocycles. The van der Waals surface area contributed by atoms with E-state index in [4.69, 9.17) is 16.3 Å². The molecule has 134 valence electrons. The zero-order valence-corrected chi connectivity index (χ0v) is 16.4. The molecule has 0 saturated carbocycles. The first-order valence-corrected chi connectivity index (χ1v) is 9.24. The first-order chi connectivity index (χ1) is 13.0. The van der Waals surface area contributed by atoms with Crippen molar-refractivity contribution in [1.29, 1.82) is 0 Å². The smallest absolute Gasteiger partial charge is 0.343 e. The van der Waals surface area contributed by atoms with Gasteiger partial charge in [0.25, 0.3) is 0 Å². The van der Waals surface area contributed by atoms with Gasteiger partial charge in [-0.1, -0.05) is 45.7 Å². The number of halogens is 2. The molecule has 3 aromatic carbocycles. The maximum Gasteiger partial charge on any atom is 0.343 e. The van der Waals surface area contributed by atoms with Gasteiger partial charge >= 0.3 is 5.97 Å². The number of allylic oxidation sites excluding steroid dienone is 1. The number of carbonyl (C=O) groups is 2. The molecule has 0 saturated heterocycles. The van der Waals surface area contributed by atoms with Gasteiger partial charge in [0.2, 0.25) is 0 Å². The number of hydrogen-bond acceptors (Lipinski definition) is 3. The van der Waals surface area contributed by atoms with E-state index in [-0.39, 0.29) is 5.78 Å². The summed E-state index contributed by atoms with van der Waals surface area (Å²) in [6.45, 7) is 0. The maximum absolute atomic E-state index is 12.2. The molecule has 0 aliphatic carbocycles. The van der Waals surface area contributed by atoms with Crippen LogP contribution >= 0.6 is 27.5 Å². The number of hydrogen-bond donors (Lipinski definition) is 0. The normalized spacial score (nSPS) is 10.7. The third-order valence-corrected chi connectivity index (χ3v) is 4.49. The minimum Gasteiger partial charge on any atom is -0.423 e. The molecule has 0 unspecified atom stereocenters. The predicted octanol–water partition coefficient (Wildman–Crippen LogP) is 6.22. The Hall–Kier alpha value is -2.69. The Morgan fingerprint density at radius 2 is 1.56 bits per heavy atom. The van der Waals surface area contributed by atoms with Gasteiger partial charge in [-0.3, -0.25) is 4.79 Å².